The van der Waals surface area contributed by atoms with Gasteiger partial charge in [-0.25, -0.2) is 8.42 Å². The van der Waals surface area contributed by atoms with E-state index in [0.29, 0.717) is 24.0 Å². The minimum atomic E-state index is -3.69. The van der Waals surface area contributed by atoms with Crippen molar-refractivity contribution in [3.63, 3.8) is 0 Å². The molecule has 2 aromatic rings. The molecule has 2 rings (SSSR count). The van der Waals surface area contributed by atoms with Crippen molar-refractivity contribution in [2.75, 3.05) is 18.4 Å². The highest BCUT2D eigenvalue weighted by molar-refractivity contribution is 7.92. The Kier molecular flexibility index (Phi) is 6.63. The Hall–Kier alpha value is -2.54. The predicted octanol–water partition coefficient (Wildman–Crippen LogP) is 2.81. The molecule has 0 saturated carbocycles. The topological polar surface area (TPSA) is 84.5 Å². The second-order valence-electron chi connectivity index (χ2n) is 6.33. The standard InChI is InChI=1S/C19H24N2O4S/c1-14(2)13-25-17-8-10-18(11-9-17)26(23,24)21-16-6-4-15(5-7-16)12-19(22)20-3/h4-11,14,21H,12-13H2,1-3H3,(H,20,22). The van der Waals surface area contributed by atoms with Crippen molar-refractivity contribution in [2.24, 2.45) is 5.92 Å². The van der Waals surface area contributed by atoms with E-state index in [2.05, 4.69) is 10.0 Å². The van der Waals surface area contributed by atoms with Crippen LogP contribution in [0.1, 0.15) is 19.4 Å². The first kappa shape index (κ1) is 19.8. The SMILES string of the molecule is CNC(=O)Cc1ccc(NS(=O)(=O)c2ccc(OCC(C)C)cc2)cc1. The molecule has 0 saturated heterocycles. The Balaban J connectivity index is 2.04. The highest BCUT2D eigenvalue weighted by Crippen LogP contribution is 2.20. The summed E-state index contributed by atoms with van der Waals surface area (Å²) in [5.74, 6) is 0.931. The number of likely N-dealkylation sites (N-methyl/N-ethyl adjacent to an activating group) is 1. The Morgan fingerprint density at radius 3 is 2.19 bits per heavy atom. The van der Waals surface area contributed by atoms with Crippen LogP contribution < -0.4 is 14.8 Å². The third-order valence-electron chi connectivity index (χ3n) is 3.57. The molecule has 140 valence electrons. The molecule has 0 spiro atoms. The summed E-state index contributed by atoms with van der Waals surface area (Å²) in [4.78, 5) is 11.5. The van der Waals surface area contributed by atoms with Gasteiger partial charge in [-0.15, -0.1) is 0 Å². The monoisotopic (exact) mass is 376 g/mol. The Morgan fingerprint density at radius 1 is 1.04 bits per heavy atom. The molecule has 0 bridgehead atoms. The molecule has 6 nitrogen and oxygen atoms in total. The van der Waals surface area contributed by atoms with E-state index in [1.54, 1.807) is 43.4 Å². The molecule has 0 aliphatic rings. The molecule has 2 N–H and O–H groups in total. The summed E-state index contributed by atoms with van der Waals surface area (Å²) < 4.78 is 33.0. The van der Waals surface area contributed by atoms with Crippen LogP contribution in [0.3, 0.4) is 0 Å². The molecule has 0 radical (unpaired) electrons. The van der Waals surface area contributed by atoms with E-state index in [1.807, 2.05) is 13.8 Å². The fraction of sp³-hybridized carbons (Fsp3) is 0.316. The quantitative estimate of drug-likeness (QED) is 0.742. The lowest BCUT2D eigenvalue weighted by Crippen LogP contribution is -2.19. The van der Waals surface area contributed by atoms with Gasteiger partial charge in [-0.05, 0) is 47.9 Å². The summed E-state index contributed by atoms with van der Waals surface area (Å²) in [6.45, 7) is 4.66. The number of carbonyl (C=O) groups is 1. The van der Waals surface area contributed by atoms with Crippen LogP contribution in [0.2, 0.25) is 0 Å². The Bertz CT molecular complexity index is 829. The van der Waals surface area contributed by atoms with Gasteiger partial charge in [-0.1, -0.05) is 26.0 Å². The zero-order chi connectivity index (χ0) is 19.2. The molecule has 0 fully saturated rings. The van der Waals surface area contributed by atoms with Crippen LogP contribution in [0, 0.1) is 5.92 Å². The third kappa shape index (κ3) is 5.77. The second-order valence-corrected chi connectivity index (χ2v) is 8.01. The van der Waals surface area contributed by atoms with E-state index in [4.69, 9.17) is 4.74 Å². The fourth-order valence-electron chi connectivity index (χ4n) is 2.16. The summed E-state index contributed by atoms with van der Waals surface area (Å²) in [5.41, 5.74) is 1.24. The number of hydrogen-bond donors (Lipinski definition) is 2. The van der Waals surface area contributed by atoms with Crippen LogP contribution in [0.25, 0.3) is 0 Å². The molecule has 0 aliphatic heterocycles. The second kappa shape index (κ2) is 8.71. The van der Waals surface area contributed by atoms with Gasteiger partial charge in [0, 0.05) is 12.7 Å². The maximum absolute atomic E-state index is 12.5. The van der Waals surface area contributed by atoms with Crippen LogP contribution in [0.5, 0.6) is 5.75 Å². The molecule has 0 aromatic heterocycles. The van der Waals surface area contributed by atoms with E-state index >= 15 is 0 Å². The van der Waals surface area contributed by atoms with Gasteiger partial charge in [0.05, 0.1) is 17.9 Å². The maximum atomic E-state index is 12.5. The average Bonchev–Trinajstić information content (AvgIpc) is 2.61. The van der Waals surface area contributed by atoms with Gasteiger partial charge in [0.25, 0.3) is 10.0 Å². The number of nitrogens with one attached hydrogen (secondary N) is 2. The van der Waals surface area contributed by atoms with Gasteiger partial charge >= 0.3 is 0 Å². The summed E-state index contributed by atoms with van der Waals surface area (Å²) in [5, 5.41) is 2.55. The Morgan fingerprint density at radius 2 is 1.65 bits per heavy atom. The lowest BCUT2D eigenvalue weighted by atomic mass is 10.1. The molecular formula is C19H24N2O4S. The van der Waals surface area contributed by atoms with Crippen molar-refractivity contribution in [2.45, 2.75) is 25.2 Å². The number of ether oxygens (including phenoxy) is 1. The third-order valence-corrected chi connectivity index (χ3v) is 4.96. The van der Waals surface area contributed by atoms with E-state index < -0.39 is 10.0 Å². The smallest absolute Gasteiger partial charge is 0.261 e. The fourth-order valence-corrected chi connectivity index (χ4v) is 3.22. The number of amides is 1. The highest BCUT2D eigenvalue weighted by Gasteiger charge is 2.14. The zero-order valence-electron chi connectivity index (χ0n) is 15.2. The van der Waals surface area contributed by atoms with Crippen LogP contribution in [0.15, 0.2) is 53.4 Å². The lowest BCUT2D eigenvalue weighted by molar-refractivity contribution is -0.119. The summed E-state index contributed by atoms with van der Waals surface area (Å²) >= 11 is 0. The first-order valence-electron chi connectivity index (χ1n) is 8.35. The summed E-state index contributed by atoms with van der Waals surface area (Å²) in [6.07, 6.45) is 0.251. The molecule has 0 unspecified atom stereocenters. The molecule has 0 atom stereocenters. The first-order chi connectivity index (χ1) is 12.3. The van der Waals surface area contributed by atoms with Gasteiger partial charge in [0.1, 0.15) is 5.75 Å². The van der Waals surface area contributed by atoms with Crippen molar-refractivity contribution < 1.29 is 17.9 Å². The number of anilines is 1. The number of rotatable bonds is 8. The highest BCUT2D eigenvalue weighted by atomic mass is 32.2. The number of hydrogen-bond acceptors (Lipinski definition) is 4. The van der Waals surface area contributed by atoms with Crippen molar-refractivity contribution in [1.82, 2.24) is 5.32 Å². The number of benzene rings is 2. The van der Waals surface area contributed by atoms with Crippen LogP contribution >= 0.6 is 0 Å². The average molecular weight is 376 g/mol. The lowest BCUT2D eigenvalue weighted by Gasteiger charge is -2.11. The van der Waals surface area contributed by atoms with Gasteiger partial charge in [0.2, 0.25) is 5.91 Å². The summed E-state index contributed by atoms with van der Waals surface area (Å²) in [6, 6.07) is 13.0. The van der Waals surface area contributed by atoms with Crippen LogP contribution in [0.4, 0.5) is 5.69 Å². The number of carbonyl (C=O) groups excluding carboxylic acids is 1. The first-order valence-corrected chi connectivity index (χ1v) is 9.83. The Labute approximate surface area is 154 Å². The van der Waals surface area contributed by atoms with Crippen molar-refractivity contribution >= 4 is 21.6 Å². The maximum Gasteiger partial charge on any atom is 0.261 e. The molecule has 26 heavy (non-hydrogen) atoms. The molecule has 0 aliphatic carbocycles. The largest absolute Gasteiger partial charge is 0.493 e. The van der Waals surface area contributed by atoms with Crippen LogP contribution in [-0.4, -0.2) is 28.0 Å². The van der Waals surface area contributed by atoms with Crippen molar-refractivity contribution in [1.29, 1.82) is 0 Å². The van der Waals surface area contributed by atoms with E-state index in [-0.39, 0.29) is 17.2 Å². The molecule has 1 amide bonds. The zero-order valence-corrected chi connectivity index (χ0v) is 16.0. The van der Waals surface area contributed by atoms with E-state index in [0.717, 1.165) is 5.56 Å². The van der Waals surface area contributed by atoms with Gasteiger partial charge in [0.15, 0.2) is 0 Å². The predicted molar refractivity (Wildman–Crippen MR) is 102 cm³/mol. The van der Waals surface area contributed by atoms with Crippen LogP contribution in [-0.2, 0) is 21.2 Å². The minimum absolute atomic E-state index is 0.0990. The molecule has 0 heterocycles. The molecular weight excluding hydrogens is 352 g/mol. The molecule has 7 heteroatoms. The van der Waals surface area contributed by atoms with Gasteiger partial charge < -0.3 is 10.1 Å². The van der Waals surface area contributed by atoms with Crippen molar-refractivity contribution in [3.05, 3.63) is 54.1 Å². The summed E-state index contributed by atoms with van der Waals surface area (Å²) in [7, 11) is -2.11. The molecule has 2 aromatic carbocycles. The number of sulfonamides is 1. The van der Waals surface area contributed by atoms with E-state index in [1.165, 1.54) is 12.1 Å². The van der Waals surface area contributed by atoms with Gasteiger partial charge in [-0.3, -0.25) is 9.52 Å². The normalized spacial score (nSPS) is 11.2. The van der Waals surface area contributed by atoms with Gasteiger partial charge in [-0.2, -0.15) is 0 Å². The van der Waals surface area contributed by atoms with Crippen molar-refractivity contribution in [3.8, 4) is 5.75 Å². The minimum Gasteiger partial charge on any atom is -0.493 e. The van der Waals surface area contributed by atoms with E-state index in [9.17, 15) is 13.2 Å².